The van der Waals surface area contributed by atoms with Crippen LogP contribution in [0.1, 0.15) is 19.8 Å². The molecule has 114 valence electrons. The third kappa shape index (κ3) is 3.37. The van der Waals surface area contributed by atoms with Crippen LogP contribution in [0.4, 0.5) is 5.82 Å². The molecule has 10 heteroatoms. The van der Waals surface area contributed by atoms with Crippen LogP contribution in [0.2, 0.25) is 5.28 Å². The summed E-state index contributed by atoms with van der Waals surface area (Å²) in [5.41, 5.74) is -1.48. The fraction of sp³-hybridized carbons (Fsp3) is 0.545. The Morgan fingerprint density at radius 1 is 1.43 bits per heavy atom. The minimum atomic E-state index is -1.48. The quantitative estimate of drug-likeness (QED) is 0.475. The smallest absolute Gasteiger partial charge is 0.383 e. The maximum Gasteiger partial charge on any atom is 0.383 e. The molecule has 1 aliphatic rings. The Balaban J connectivity index is 2.12. The van der Waals surface area contributed by atoms with E-state index in [2.05, 4.69) is 4.98 Å². The molecule has 2 amide bonds. The largest absolute Gasteiger partial charge is 0.386 e. The first-order valence-electron chi connectivity index (χ1n) is 6.12. The number of halogens is 1. The summed E-state index contributed by atoms with van der Waals surface area (Å²) in [5, 5.41) is 20.8. The maximum atomic E-state index is 11.5. The van der Waals surface area contributed by atoms with Crippen molar-refractivity contribution in [2.45, 2.75) is 31.9 Å². The van der Waals surface area contributed by atoms with Crippen LogP contribution in [0.3, 0.4) is 0 Å². The summed E-state index contributed by atoms with van der Waals surface area (Å²) in [7, 11) is 0. The van der Waals surface area contributed by atoms with Gasteiger partial charge in [-0.25, -0.2) is 0 Å². The number of likely N-dealkylation sites (tertiary alicyclic amines) is 1. The number of hydrogen-bond acceptors (Lipinski definition) is 6. The van der Waals surface area contributed by atoms with E-state index in [9.17, 15) is 24.8 Å². The SMILES string of the molecule is CC(O)(CN1C(=O)CCC1=O)Cn1cc([N+](=O)[O-])nc1Cl. The molecule has 1 saturated heterocycles. The molecule has 2 rings (SSSR count). The van der Waals surface area contributed by atoms with Crippen molar-refractivity contribution in [2.24, 2.45) is 0 Å². The van der Waals surface area contributed by atoms with Gasteiger partial charge in [0.25, 0.3) is 0 Å². The molecule has 21 heavy (non-hydrogen) atoms. The molecule has 0 bridgehead atoms. The summed E-state index contributed by atoms with van der Waals surface area (Å²) in [6.07, 6.45) is 1.35. The van der Waals surface area contributed by atoms with E-state index >= 15 is 0 Å². The fourth-order valence-corrected chi connectivity index (χ4v) is 2.33. The maximum absolute atomic E-state index is 11.5. The molecule has 1 atom stereocenters. The second-order valence-corrected chi connectivity index (χ2v) is 5.46. The Morgan fingerprint density at radius 2 is 2.00 bits per heavy atom. The van der Waals surface area contributed by atoms with Crippen molar-refractivity contribution in [3.8, 4) is 0 Å². The molecule has 1 aliphatic heterocycles. The minimum Gasteiger partial charge on any atom is -0.386 e. The summed E-state index contributed by atoms with van der Waals surface area (Å²) in [4.78, 5) is 37.5. The van der Waals surface area contributed by atoms with Gasteiger partial charge in [-0.1, -0.05) is 0 Å². The summed E-state index contributed by atoms with van der Waals surface area (Å²) in [5.74, 6) is -1.13. The van der Waals surface area contributed by atoms with Gasteiger partial charge in [0.05, 0.1) is 18.7 Å². The second-order valence-electron chi connectivity index (χ2n) is 5.12. The number of nitro groups is 1. The monoisotopic (exact) mass is 316 g/mol. The molecule has 0 saturated carbocycles. The Morgan fingerprint density at radius 3 is 2.48 bits per heavy atom. The molecule has 0 spiro atoms. The number of aliphatic hydroxyl groups is 1. The highest BCUT2D eigenvalue weighted by atomic mass is 35.5. The average molecular weight is 317 g/mol. The molecular formula is C11H13ClN4O5. The topological polar surface area (TPSA) is 119 Å². The first-order valence-corrected chi connectivity index (χ1v) is 6.50. The lowest BCUT2D eigenvalue weighted by Gasteiger charge is -2.27. The molecule has 9 nitrogen and oxygen atoms in total. The van der Waals surface area contributed by atoms with Crippen molar-refractivity contribution in [3.63, 3.8) is 0 Å². The molecular weight excluding hydrogens is 304 g/mol. The number of imidazole rings is 1. The van der Waals surface area contributed by atoms with Crippen LogP contribution in [-0.4, -0.2) is 48.4 Å². The Bertz CT molecular complexity index is 596. The van der Waals surface area contributed by atoms with Gasteiger partial charge in [-0.05, 0) is 28.4 Å². The van der Waals surface area contributed by atoms with E-state index in [1.54, 1.807) is 0 Å². The molecule has 1 aromatic rings. The number of nitrogens with zero attached hydrogens (tertiary/aromatic N) is 4. The van der Waals surface area contributed by atoms with E-state index in [0.29, 0.717) is 0 Å². The third-order valence-electron chi connectivity index (χ3n) is 3.07. The lowest BCUT2D eigenvalue weighted by molar-refractivity contribution is -0.389. The van der Waals surface area contributed by atoms with Crippen molar-refractivity contribution < 1.29 is 19.6 Å². The van der Waals surface area contributed by atoms with Crippen molar-refractivity contribution in [1.29, 1.82) is 0 Å². The third-order valence-corrected chi connectivity index (χ3v) is 3.37. The van der Waals surface area contributed by atoms with Gasteiger partial charge in [-0.2, -0.15) is 0 Å². The van der Waals surface area contributed by atoms with E-state index in [1.807, 2.05) is 0 Å². The molecule has 1 aromatic heterocycles. The van der Waals surface area contributed by atoms with Crippen LogP contribution in [0.25, 0.3) is 0 Å². The van der Waals surface area contributed by atoms with E-state index < -0.39 is 16.3 Å². The van der Waals surface area contributed by atoms with E-state index in [1.165, 1.54) is 11.5 Å². The summed E-state index contributed by atoms with van der Waals surface area (Å²) in [6.45, 7) is 1.07. The minimum absolute atomic E-state index is 0.131. The normalized spacial score (nSPS) is 18.1. The zero-order chi connectivity index (χ0) is 15.8. The highest BCUT2D eigenvalue weighted by Gasteiger charge is 2.36. The van der Waals surface area contributed by atoms with Crippen LogP contribution in [0.5, 0.6) is 0 Å². The van der Waals surface area contributed by atoms with Crippen molar-refractivity contribution in [3.05, 3.63) is 21.6 Å². The van der Waals surface area contributed by atoms with Gasteiger partial charge in [0, 0.05) is 12.8 Å². The predicted molar refractivity (Wildman–Crippen MR) is 70.5 cm³/mol. The number of hydrogen-bond donors (Lipinski definition) is 1. The van der Waals surface area contributed by atoms with Crippen LogP contribution >= 0.6 is 11.6 Å². The Labute approximate surface area is 124 Å². The first-order chi connectivity index (χ1) is 9.69. The van der Waals surface area contributed by atoms with Gasteiger partial charge in [-0.15, -0.1) is 0 Å². The predicted octanol–water partition coefficient (Wildman–Crippen LogP) is 0.345. The Kier molecular flexibility index (Phi) is 3.97. The van der Waals surface area contributed by atoms with Gasteiger partial charge in [0.15, 0.2) is 0 Å². The van der Waals surface area contributed by atoms with Gasteiger partial charge in [0.1, 0.15) is 6.20 Å². The summed E-state index contributed by atoms with van der Waals surface area (Å²) in [6, 6.07) is 0. The zero-order valence-electron chi connectivity index (χ0n) is 11.2. The zero-order valence-corrected chi connectivity index (χ0v) is 11.9. The number of aromatic nitrogens is 2. The van der Waals surface area contributed by atoms with E-state index in [-0.39, 0.29) is 43.0 Å². The first kappa shape index (κ1) is 15.4. The number of β-amino-alcohol motifs (C(OH)–C–C–N with tert-alkyl or cyclic N) is 1. The lowest BCUT2D eigenvalue weighted by Crippen LogP contribution is -2.45. The number of amides is 2. The van der Waals surface area contributed by atoms with Crippen molar-refractivity contribution in [2.75, 3.05) is 6.54 Å². The molecule has 1 unspecified atom stereocenters. The number of imide groups is 1. The van der Waals surface area contributed by atoms with Crippen LogP contribution in [0.15, 0.2) is 6.20 Å². The highest BCUT2D eigenvalue weighted by molar-refractivity contribution is 6.28. The molecule has 0 aromatic carbocycles. The number of carbonyl (C=O) groups excluding carboxylic acids is 2. The van der Waals surface area contributed by atoms with E-state index in [0.717, 1.165) is 11.1 Å². The summed E-state index contributed by atoms with van der Waals surface area (Å²) < 4.78 is 1.20. The molecule has 2 heterocycles. The van der Waals surface area contributed by atoms with Gasteiger partial charge >= 0.3 is 11.1 Å². The average Bonchev–Trinajstić information content (AvgIpc) is 2.87. The Hall–Kier alpha value is -2.00. The fourth-order valence-electron chi connectivity index (χ4n) is 2.14. The number of carbonyl (C=O) groups is 2. The summed E-state index contributed by atoms with van der Waals surface area (Å²) >= 11 is 5.76. The molecule has 1 N–H and O–H groups in total. The van der Waals surface area contributed by atoms with Gasteiger partial charge < -0.3 is 15.2 Å². The van der Waals surface area contributed by atoms with Crippen molar-refractivity contribution >= 4 is 29.2 Å². The second kappa shape index (κ2) is 5.41. The van der Waals surface area contributed by atoms with Crippen LogP contribution in [-0.2, 0) is 16.1 Å². The van der Waals surface area contributed by atoms with Gasteiger partial charge in [0.2, 0.25) is 11.8 Å². The standard InChI is InChI=1S/C11H13ClN4O5/c1-11(19,6-15-8(17)2-3-9(15)18)5-14-4-7(16(20)21)13-10(14)12/h4,19H,2-3,5-6H2,1H3. The van der Waals surface area contributed by atoms with Crippen LogP contribution in [0, 0.1) is 10.1 Å². The highest BCUT2D eigenvalue weighted by Crippen LogP contribution is 2.21. The van der Waals surface area contributed by atoms with Gasteiger partial charge in [-0.3, -0.25) is 19.1 Å². The lowest BCUT2D eigenvalue weighted by atomic mass is 10.1. The molecule has 0 radical (unpaired) electrons. The molecule has 0 aliphatic carbocycles. The van der Waals surface area contributed by atoms with Crippen molar-refractivity contribution in [1.82, 2.24) is 14.5 Å². The molecule has 1 fully saturated rings. The van der Waals surface area contributed by atoms with Crippen LogP contribution < -0.4 is 0 Å². The van der Waals surface area contributed by atoms with E-state index in [4.69, 9.17) is 11.6 Å². The number of rotatable bonds is 5.